The summed E-state index contributed by atoms with van der Waals surface area (Å²) in [4.78, 5) is 0. The van der Waals surface area contributed by atoms with Crippen molar-refractivity contribution in [2.75, 3.05) is 26.4 Å². The summed E-state index contributed by atoms with van der Waals surface area (Å²) in [5.41, 5.74) is 0. The molecule has 75 valence electrons. The Morgan fingerprint density at radius 1 is 1.57 bits per heavy atom. The van der Waals surface area contributed by atoms with Crippen LogP contribution in [-0.4, -0.2) is 32.4 Å². The van der Waals surface area contributed by atoms with Gasteiger partial charge in [0.2, 0.25) is 0 Å². The Hall–Kier alpha value is -1.06. The molecule has 1 unspecified atom stereocenters. The van der Waals surface area contributed by atoms with Gasteiger partial charge in [0.1, 0.15) is 12.4 Å². The summed E-state index contributed by atoms with van der Waals surface area (Å²) >= 11 is 0. The molecule has 1 N–H and O–H groups in total. The van der Waals surface area contributed by atoms with E-state index in [9.17, 15) is 0 Å². The van der Waals surface area contributed by atoms with E-state index in [-0.39, 0.29) is 0 Å². The Bertz CT molecular complexity index is 257. The molecular formula is C11H14NO2. The summed E-state index contributed by atoms with van der Waals surface area (Å²) in [7, 11) is 0. The first-order valence-electron chi connectivity index (χ1n) is 4.86. The molecule has 1 aromatic rings. The molecule has 1 aliphatic rings. The van der Waals surface area contributed by atoms with Crippen molar-refractivity contribution in [3.63, 3.8) is 0 Å². The lowest BCUT2D eigenvalue weighted by molar-refractivity contribution is 0.0592. The van der Waals surface area contributed by atoms with Crippen molar-refractivity contribution in [1.82, 2.24) is 5.32 Å². The van der Waals surface area contributed by atoms with Crippen LogP contribution in [0.25, 0.3) is 0 Å². The van der Waals surface area contributed by atoms with Crippen LogP contribution in [0.1, 0.15) is 0 Å². The van der Waals surface area contributed by atoms with Gasteiger partial charge in [-0.05, 0) is 6.07 Å². The Labute approximate surface area is 84.0 Å². The molecule has 1 heterocycles. The van der Waals surface area contributed by atoms with Gasteiger partial charge in [-0.15, -0.1) is 0 Å². The summed E-state index contributed by atoms with van der Waals surface area (Å²) in [6, 6.07) is 10.9. The molecular weight excluding hydrogens is 178 g/mol. The Kier molecular flexibility index (Phi) is 3.38. The number of benzene rings is 1. The van der Waals surface area contributed by atoms with E-state index in [0.29, 0.717) is 12.6 Å². The van der Waals surface area contributed by atoms with E-state index < -0.39 is 0 Å². The summed E-state index contributed by atoms with van der Waals surface area (Å²) in [5, 5.41) is 3.33. The summed E-state index contributed by atoms with van der Waals surface area (Å²) in [6.07, 6.45) is 0. The maximum atomic E-state index is 5.55. The minimum absolute atomic E-state index is 0.303. The first-order valence-corrected chi connectivity index (χ1v) is 4.86. The van der Waals surface area contributed by atoms with Crippen LogP contribution < -0.4 is 10.1 Å². The molecule has 0 bridgehead atoms. The van der Waals surface area contributed by atoms with Crippen molar-refractivity contribution in [1.29, 1.82) is 0 Å². The van der Waals surface area contributed by atoms with Crippen LogP contribution >= 0.6 is 0 Å². The number of hydrogen-bond donors (Lipinski definition) is 1. The predicted molar refractivity (Wildman–Crippen MR) is 53.4 cm³/mol. The molecule has 3 nitrogen and oxygen atoms in total. The SMILES string of the molecule is [c]1ccccc1OCC1COCCN1. The Balaban J connectivity index is 1.76. The van der Waals surface area contributed by atoms with E-state index in [0.717, 1.165) is 25.5 Å². The van der Waals surface area contributed by atoms with Gasteiger partial charge in [0.05, 0.1) is 19.3 Å². The van der Waals surface area contributed by atoms with E-state index in [1.165, 1.54) is 0 Å². The second-order valence-corrected chi connectivity index (χ2v) is 3.26. The van der Waals surface area contributed by atoms with E-state index in [1.807, 2.05) is 24.3 Å². The first-order chi connectivity index (χ1) is 6.95. The molecule has 14 heavy (non-hydrogen) atoms. The average Bonchev–Trinajstić information content (AvgIpc) is 2.29. The molecule has 1 atom stereocenters. The van der Waals surface area contributed by atoms with Crippen LogP contribution in [0.5, 0.6) is 5.75 Å². The fourth-order valence-corrected chi connectivity index (χ4v) is 1.38. The predicted octanol–water partition coefficient (Wildman–Crippen LogP) is 0.854. The molecule has 1 aliphatic heterocycles. The third-order valence-corrected chi connectivity index (χ3v) is 2.12. The summed E-state index contributed by atoms with van der Waals surface area (Å²) in [6.45, 7) is 3.08. The van der Waals surface area contributed by atoms with E-state index >= 15 is 0 Å². The zero-order chi connectivity index (χ0) is 9.64. The molecule has 0 saturated carbocycles. The van der Waals surface area contributed by atoms with Crippen molar-refractivity contribution < 1.29 is 9.47 Å². The molecule has 0 aromatic heterocycles. The molecule has 0 amide bonds. The maximum Gasteiger partial charge on any atom is 0.127 e. The van der Waals surface area contributed by atoms with Gasteiger partial charge in [0, 0.05) is 12.6 Å². The Morgan fingerprint density at radius 3 is 3.29 bits per heavy atom. The van der Waals surface area contributed by atoms with E-state index in [4.69, 9.17) is 9.47 Å². The van der Waals surface area contributed by atoms with Gasteiger partial charge in [-0.25, -0.2) is 0 Å². The molecule has 1 saturated heterocycles. The highest BCUT2D eigenvalue weighted by Gasteiger charge is 2.12. The number of rotatable bonds is 3. The lowest BCUT2D eigenvalue weighted by Gasteiger charge is -2.23. The fraction of sp³-hybridized carbons (Fsp3) is 0.455. The molecule has 1 aromatic carbocycles. The lowest BCUT2D eigenvalue weighted by atomic mass is 10.3. The standard InChI is InChI=1S/C11H14NO2/c1-2-4-11(5-3-1)14-9-10-8-13-7-6-12-10/h1-4,10,12H,6-9H2. The molecule has 1 radical (unpaired) electrons. The number of nitrogens with one attached hydrogen (secondary N) is 1. The number of hydrogen-bond acceptors (Lipinski definition) is 3. The van der Waals surface area contributed by atoms with Crippen molar-refractivity contribution in [3.05, 3.63) is 30.3 Å². The van der Waals surface area contributed by atoms with Gasteiger partial charge >= 0.3 is 0 Å². The summed E-state index contributed by atoms with van der Waals surface area (Å²) in [5.74, 6) is 0.792. The third-order valence-electron chi connectivity index (χ3n) is 2.12. The van der Waals surface area contributed by atoms with Crippen molar-refractivity contribution in [2.45, 2.75) is 6.04 Å². The molecule has 0 aliphatic carbocycles. The molecule has 1 fully saturated rings. The maximum absolute atomic E-state index is 5.55. The normalized spacial score (nSPS) is 21.9. The number of para-hydroxylation sites is 1. The average molecular weight is 192 g/mol. The minimum atomic E-state index is 0.303. The number of morpholine rings is 1. The number of ether oxygens (including phenoxy) is 2. The zero-order valence-corrected chi connectivity index (χ0v) is 8.03. The fourth-order valence-electron chi connectivity index (χ4n) is 1.38. The summed E-state index contributed by atoms with van der Waals surface area (Å²) < 4.78 is 10.9. The molecule has 0 spiro atoms. The molecule has 3 heteroatoms. The van der Waals surface area contributed by atoms with Gasteiger partial charge in [-0.2, -0.15) is 0 Å². The lowest BCUT2D eigenvalue weighted by Crippen LogP contribution is -2.44. The topological polar surface area (TPSA) is 30.5 Å². The van der Waals surface area contributed by atoms with Crippen molar-refractivity contribution >= 4 is 0 Å². The largest absolute Gasteiger partial charge is 0.491 e. The van der Waals surface area contributed by atoms with Crippen LogP contribution in [-0.2, 0) is 4.74 Å². The van der Waals surface area contributed by atoms with Crippen LogP contribution in [0, 0.1) is 6.07 Å². The quantitative estimate of drug-likeness (QED) is 0.770. The highest BCUT2D eigenvalue weighted by molar-refractivity contribution is 5.19. The zero-order valence-electron chi connectivity index (χ0n) is 8.03. The van der Waals surface area contributed by atoms with Crippen LogP contribution in [0.15, 0.2) is 24.3 Å². The monoisotopic (exact) mass is 192 g/mol. The second-order valence-electron chi connectivity index (χ2n) is 3.26. The van der Waals surface area contributed by atoms with Crippen LogP contribution in [0.3, 0.4) is 0 Å². The minimum Gasteiger partial charge on any atom is -0.491 e. The molecule has 2 rings (SSSR count). The second kappa shape index (κ2) is 4.98. The third kappa shape index (κ3) is 2.72. The highest BCUT2D eigenvalue weighted by Crippen LogP contribution is 2.07. The van der Waals surface area contributed by atoms with Crippen LogP contribution in [0.4, 0.5) is 0 Å². The van der Waals surface area contributed by atoms with Crippen molar-refractivity contribution in [3.8, 4) is 5.75 Å². The highest BCUT2D eigenvalue weighted by atomic mass is 16.5. The van der Waals surface area contributed by atoms with Gasteiger partial charge in [0.25, 0.3) is 0 Å². The van der Waals surface area contributed by atoms with E-state index in [2.05, 4.69) is 11.4 Å². The Morgan fingerprint density at radius 2 is 2.57 bits per heavy atom. The van der Waals surface area contributed by atoms with Crippen molar-refractivity contribution in [2.24, 2.45) is 0 Å². The van der Waals surface area contributed by atoms with Gasteiger partial charge in [0.15, 0.2) is 0 Å². The van der Waals surface area contributed by atoms with Gasteiger partial charge in [-0.3, -0.25) is 0 Å². The first kappa shape index (κ1) is 9.49. The van der Waals surface area contributed by atoms with Crippen LogP contribution in [0.2, 0.25) is 0 Å². The van der Waals surface area contributed by atoms with E-state index in [1.54, 1.807) is 0 Å². The smallest absolute Gasteiger partial charge is 0.127 e. The van der Waals surface area contributed by atoms with Gasteiger partial charge < -0.3 is 14.8 Å². The van der Waals surface area contributed by atoms with Gasteiger partial charge in [-0.1, -0.05) is 18.2 Å².